The highest BCUT2D eigenvalue weighted by Crippen LogP contribution is 2.09. The minimum Gasteiger partial charge on any atom is -0.465 e. The summed E-state index contributed by atoms with van der Waals surface area (Å²) in [6, 6.07) is 7.38. The van der Waals surface area contributed by atoms with Crippen LogP contribution in [0.4, 0.5) is 0 Å². The van der Waals surface area contributed by atoms with Gasteiger partial charge >= 0.3 is 0 Å². The maximum absolute atomic E-state index is 11.6. The molecule has 0 aliphatic heterocycles. The molecule has 5 heteroatoms. The van der Waals surface area contributed by atoms with E-state index in [-0.39, 0.29) is 11.6 Å². The first-order valence-corrected chi connectivity index (χ1v) is 5.52. The summed E-state index contributed by atoms with van der Waals surface area (Å²) in [4.78, 5) is 18.4. The number of ether oxygens (including phenoxy) is 1. The molecule has 0 saturated heterocycles. The molecule has 4 nitrogen and oxygen atoms in total. The van der Waals surface area contributed by atoms with Crippen molar-refractivity contribution in [2.75, 3.05) is 12.5 Å². The summed E-state index contributed by atoms with van der Waals surface area (Å²) in [5.74, 6) is 0.526. The fourth-order valence-corrected chi connectivity index (χ4v) is 1.47. The second-order valence-corrected chi connectivity index (χ2v) is 3.66. The van der Waals surface area contributed by atoms with Crippen LogP contribution >= 0.6 is 11.6 Å². The number of hydrogen-bond donors (Lipinski definition) is 1. The van der Waals surface area contributed by atoms with Crippen molar-refractivity contribution >= 4 is 22.5 Å². The quantitative estimate of drug-likeness (QED) is 0.654. The number of nitrogens with one attached hydrogen (secondary N) is 1. The van der Waals surface area contributed by atoms with Gasteiger partial charge in [0.1, 0.15) is 0 Å². The zero-order valence-corrected chi connectivity index (χ0v) is 9.33. The molecule has 2 aromatic rings. The van der Waals surface area contributed by atoms with Crippen molar-refractivity contribution in [1.82, 2.24) is 9.97 Å². The van der Waals surface area contributed by atoms with Gasteiger partial charge in [-0.1, -0.05) is 12.1 Å². The molecule has 1 N–H and O–H groups in total. The smallest absolute Gasteiger partial charge is 0.297 e. The number of aromatic amines is 1. The normalized spacial score (nSPS) is 10.6. The largest absolute Gasteiger partial charge is 0.465 e. The topological polar surface area (TPSA) is 55.0 Å². The molecule has 0 fully saturated rings. The molecule has 0 saturated carbocycles. The number of para-hydroxylation sites is 1. The Morgan fingerprint density at radius 3 is 3.00 bits per heavy atom. The Kier molecular flexibility index (Phi) is 3.41. The third kappa shape index (κ3) is 2.33. The maximum Gasteiger partial charge on any atom is 0.297 e. The Morgan fingerprint density at radius 1 is 1.38 bits per heavy atom. The number of aromatic nitrogens is 2. The van der Waals surface area contributed by atoms with E-state index < -0.39 is 0 Å². The van der Waals surface area contributed by atoms with Gasteiger partial charge in [0.15, 0.2) is 0 Å². The van der Waals surface area contributed by atoms with Crippen LogP contribution in [0.15, 0.2) is 29.1 Å². The average molecular weight is 239 g/mol. The summed E-state index contributed by atoms with van der Waals surface area (Å²) in [6.45, 7) is 0.449. The Morgan fingerprint density at radius 2 is 2.19 bits per heavy atom. The van der Waals surface area contributed by atoms with E-state index in [9.17, 15) is 4.79 Å². The van der Waals surface area contributed by atoms with E-state index in [0.717, 1.165) is 6.42 Å². The third-order valence-corrected chi connectivity index (χ3v) is 2.38. The van der Waals surface area contributed by atoms with Crippen molar-refractivity contribution < 1.29 is 4.74 Å². The third-order valence-electron chi connectivity index (χ3n) is 2.11. The van der Waals surface area contributed by atoms with Crippen LogP contribution in [0.5, 0.6) is 6.01 Å². The highest BCUT2D eigenvalue weighted by atomic mass is 35.5. The van der Waals surface area contributed by atoms with Gasteiger partial charge in [0.2, 0.25) is 0 Å². The molecule has 0 aliphatic carbocycles. The number of halogens is 1. The van der Waals surface area contributed by atoms with Crippen molar-refractivity contribution in [2.45, 2.75) is 6.42 Å². The Bertz CT molecular complexity index is 539. The molecular formula is C11H11ClN2O2. The van der Waals surface area contributed by atoms with E-state index >= 15 is 0 Å². The maximum atomic E-state index is 11.6. The number of rotatable bonds is 4. The first kappa shape index (κ1) is 11.0. The predicted octanol–water partition coefficient (Wildman–Crippen LogP) is 1.93. The number of H-pyrrole nitrogens is 1. The molecule has 0 radical (unpaired) electrons. The number of hydrogen-bond acceptors (Lipinski definition) is 3. The Labute approximate surface area is 97.2 Å². The fourth-order valence-electron chi connectivity index (χ4n) is 1.36. The lowest BCUT2D eigenvalue weighted by molar-refractivity contribution is 0.293. The van der Waals surface area contributed by atoms with E-state index in [0.29, 0.717) is 23.4 Å². The molecule has 0 bridgehead atoms. The van der Waals surface area contributed by atoms with E-state index in [1.807, 2.05) is 6.07 Å². The van der Waals surface area contributed by atoms with Gasteiger partial charge in [0.05, 0.1) is 17.5 Å². The molecule has 0 atom stereocenters. The summed E-state index contributed by atoms with van der Waals surface area (Å²) >= 11 is 5.52. The standard InChI is InChI=1S/C11H11ClN2O2/c12-6-3-7-16-11-13-9-5-2-1-4-8(9)10(15)14-11/h1-2,4-5H,3,6-7H2,(H,13,14,15). The summed E-state index contributed by atoms with van der Waals surface area (Å²) in [5.41, 5.74) is 0.443. The van der Waals surface area contributed by atoms with Crippen LogP contribution in [0.25, 0.3) is 10.9 Å². The minimum absolute atomic E-state index is 0.188. The van der Waals surface area contributed by atoms with Crippen molar-refractivity contribution in [3.8, 4) is 6.01 Å². The van der Waals surface area contributed by atoms with E-state index in [2.05, 4.69) is 9.97 Å². The van der Waals surface area contributed by atoms with Crippen molar-refractivity contribution in [1.29, 1.82) is 0 Å². The van der Waals surface area contributed by atoms with Crippen LogP contribution in [0.1, 0.15) is 6.42 Å². The highest BCUT2D eigenvalue weighted by molar-refractivity contribution is 6.17. The van der Waals surface area contributed by atoms with Crippen LogP contribution in [0.3, 0.4) is 0 Å². The van der Waals surface area contributed by atoms with Gasteiger partial charge < -0.3 is 4.74 Å². The summed E-state index contributed by atoms with van der Waals surface area (Å²) in [5, 5.41) is 0.562. The number of fused-ring (bicyclic) bond motifs is 1. The first-order valence-electron chi connectivity index (χ1n) is 4.99. The molecule has 1 aromatic carbocycles. The van der Waals surface area contributed by atoms with Gasteiger partial charge in [-0.25, -0.2) is 0 Å². The van der Waals surface area contributed by atoms with Gasteiger partial charge in [-0.15, -0.1) is 11.6 Å². The van der Waals surface area contributed by atoms with Crippen molar-refractivity contribution in [3.63, 3.8) is 0 Å². The highest BCUT2D eigenvalue weighted by Gasteiger charge is 2.03. The van der Waals surface area contributed by atoms with Gasteiger partial charge in [-0.2, -0.15) is 4.98 Å². The predicted molar refractivity (Wildman–Crippen MR) is 63.2 cm³/mol. The summed E-state index contributed by atoms with van der Waals surface area (Å²) < 4.78 is 5.28. The van der Waals surface area contributed by atoms with Gasteiger partial charge in [-0.05, 0) is 18.6 Å². The number of nitrogens with zero attached hydrogens (tertiary/aromatic N) is 1. The van der Waals surface area contributed by atoms with E-state index in [4.69, 9.17) is 16.3 Å². The SMILES string of the molecule is O=c1[nH]c(OCCCCl)nc2ccccc12. The second-order valence-electron chi connectivity index (χ2n) is 3.28. The summed E-state index contributed by atoms with van der Waals surface area (Å²) in [6.07, 6.45) is 0.720. The Balaban J connectivity index is 2.31. The zero-order chi connectivity index (χ0) is 11.4. The van der Waals surface area contributed by atoms with Crippen LogP contribution < -0.4 is 10.3 Å². The first-order chi connectivity index (χ1) is 7.81. The molecular weight excluding hydrogens is 228 g/mol. The number of benzene rings is 1. The molecule has 0 unspecified atom stereocenters. The molecule has 1 heterocycles. The zero-order valence-electron chi connectivity index (χ0n) is 8.57. The van der Waals surface area contributed by atoms with Crippen LogP contribution in [-0.2, 0) is 0 Å². The van der Waals surface area contributed by atoms with Crippen molar-refractivity contribution in [2.24, 2.45) is 0 Å². The summed E-state index contributed by atoms with van der Waals surface area (Å²) in [7, 11) is 0. The average Bonchev–Trinajstić information content (AvgIpc) is 2.30. The van der Waals surface area contributed by atoms with Crippen LogP contribution in [0, 0.1) is 0 Å². The molecule has 0 spiro atoms. The van der Waals surface area contributed by atoms with Crippen LogP contribution in [-0.4, -0.2) is 22.5 Å². The fraction of sp³-hybridized carbons (Fsp3) is 0.273. The van der Waals surface area contributed by atoms with Gasteiger partial charge in [-0.3, -0.25) is 9.78 Å². The van der Waals surface area contributed by atoms with Crippen molar-refractivity contribution in [3.05, 3.63) is 34.6 Å². The minimum atomic E-state index is -0.188. The Hall–Kier alpha value is -1.55. The number of alkyl halides is 1. The molecule has 2 rings (SSSR count). The monoisotopic (exact) mass is 238 g/mol. The van der Waals surface area contributed by atoms with Gasteiger partial charge in [0, 0.05) is 5.88 Å². The lowest BCUT2D eigenvalue weighted by Crippen LogP contribution is -2.11. The van der Waals surface area contributed by atoms with Gasteiger partial charge in [0.25, 0.3) is 11.6 Å². The molecule has 1 aromatic heterocycles. The lowest BCUT2D eigenvalue weighted by Gasteiger charge is -2.04. The second kappa shape index (κ2) is 4.99. The van der Waals surface area contributed by atoms with E-state index in [1.54, 1.807) is 18.2 Å². The molecule has 16 heavy (non-hydrogen) atoms. The lowest BCUT2D eigenvalue weighted by atomic mass is 10.2. The molecule has 0 amide bonds. The van der Waals surface area contributed by atoms with E-state index in [1.165, 1.54) is 0 Å². The van der Waals surface area contributed by atoms with Crippen LogP contribution in [0.2, 0.25) is 0 Å². The molecule has 0 aliphatic rings. The molecule has 84 valence electrons.